The Labute approximate surface area is 203 Å². The van der Waals surface area contributed by atoms with Gasteiger partial charge >= 0.3 is 0 Å². The number of hydrogen-bond donors (Lipinski definition) is 1. The monoisotopic (exact) mass is 501 g/mol. The molecule has 3 aromatic rings. The molecule has 2 aliphatic heterocycles. The summed E-state index contributed by atoms with van der Waals surface area (Å²) < 4.78 is 13.4. The molecule has 2 aromatic carbocycles. The normalized spacial score (nSPS) is 20.5. The van der Waals surface area contributed by atoms with Gasteiger partial charge in [-0.25, -0.2) is 4.98 Å². The molecule has 5 rings (SSSR count). The Morgan fingerprint density at radius 2 is 1.87 bits per heavy atom. The molecule has 2 N–H and O–H groups in total. The quantitative estimate of drug-likeness (QED) is 0.507. The van der Waals surface area contributed by atoms with Crippen molar-refractivity contribution in [2.75, 3.05) is 24.6 Å². The van der Waals surface area contributed by atoms with Gasteiger partial charge in [-0.2, -0.15) is 0 Å². The summed E-state index contributed by atoms with van der Waals surface area (Å²) in [6.07, 6.45) is 1.84. The summed E-state index contributed by atoms with van der Waals surface area (Å²) in [6.45, 7) is 4.45. The summed E-state index contributed by atoms with van der Waals surface area (Å²) in [6, 6.07) is 13.8. The Morgan fingerprint density at radius 3 is 2.61 bits per heavy atom. The molecular formula is C22H26Cl3N3O2S. The predicted octanol–water partition coefficient (Wildman–Crippen LogP) is 5.57. The molecule has 9 heteroatoms. The Morgan fingerprint density at radius 1 is 1.13 bits per heavy atom. The maximum Gasteiger partial charge on any atom is 0.186 e. The van der Waals surface area contributed by atoms with Crippen molar-refractivity contribution in [3.8, 4) is 11.5 Å². The summed E-state index contributed by atoms with van der Waals surface area (Å²) in [5.74, 6) is 1.76. The summed E-state index contributed by atoms with van der Waals surface area (Å²) in [4.78, 5) is 7.19. The van der Waals surface area contributed by atoms with Gasteiger partial charge < -0.3 is 20.1 Å². The molecule has 0 aliphatic carbocycles. The van der Waals surface area contributed by atoms with E-state index in [1.807, 2.05) is 18.2 Å². The third-order valence-corrected chi connectivity index (χ3v) is 7.52. The van der Waals surface area contributed by atoms with Gasteiger partial charge in [-0.3, -0.25) is 0 Å². The first-order valence-electron chi connectivity index (χ1n) is 9.99. The molecule has 2 atom stereocenters. The average Bonchev–Trinajstić information content (AvgIpc) is 3.17. The molecule has 0 spiro atoms. The minimum absolute atomic E-state index is 0. The van der Waals surface area contributed by atoms with Crippen molar-refractivity contribution in [1.29, 1.82) is 0 Å². The van der Waals surface area contributed by atoms with Crippen molar-refractivity contribution in [1.82, 2.24) is 4.98 Å². The average molecular weight is 503 g/mol. The van der Waals surface area contributed by atoms with E-state index < -0.39 is 5.54 Å². The smallest absolute Gasteiger partial charge is 0.186 e. The van der Waals surface area contributed by atoms with Crippen LogP contribution in [0.5, 0.6) is 11.5 Å². The van der Waals surface area contributed by atoms with Crippen LogP contribution in [0.4, 0.5) is 5.13 Å². The van der Waals surface area contributed by atoms with E-state index in [1.165, 1.54) is 4.70 Å². The van der Waals surface area contributed by atoms with Crippen molar-refractivity contribution in [3.05, 3.63) is 47.5 Å². The fourth-order valence-electron chi connectivity index (χ4n) is 4.30. The molecule has 168 valence electrons. The number of nitrogens with zero attached hydrogens (tertiary/aromatic N) is 2. The largest absolute Gasteiger partial charge is 0.486 e. The highest BCUT2D eigenvalue weighted by atomic mass is 35.5. The van der Waals surface area contributed by atoms with Gasteiger partial charge in [0.05, 0.1) is 15.8 Å². The first-order valence-corrected chi connectivity index (χ1v) is 11.2. The zero-order chi connectivity index (χ0) is 20.0. The van der Waals surface area contributed by atoms with Gasteiger partial charge in [-0.1, -0.05) is 35.1 Å². The van der Waals surface area contributed by atoms with Crippen molar-refractivity contribution >= 4 is 63.1 Å². The van der Waals surface area contributed by atoms with Crippen LogP contribution in [-0.2, 0) is 0 Å². The van der Waals surface area contributed by atoms with E-state index in [0.29, 0.717) is 29.0 Å². The van der Waals surface area contributed by atoms with Crippen molar-refractivity contribution in [2.45, 2.75) is 31.4 Å². The minimum atomic E-state index is -0.475. The number of aromatic nitrogens is 1. The van der Waals surface area contributed by atoms with E-state index in [0.717, 1.165) is 36.6 Å². The predicted molar refractivity (Wildman–Crippen MR) is 133 cm³/mol. The number of thiazole rings is 1. The van der Waals surface area contributed by atoms with Crippen LogP contribution in [0, 0.1) is 5.92 Å². The topological polar surface area (TPSA) is 60.6 Å². The molecule has 2 unspecified atom stereocenters. The van der Waals surface area contributed by atoms with Crippen molar-refractivity contribution < 1.29 is 9.47 Å². The maximum atomic E-state index is 6.84. The lowest BCUT2D eigenvalue weighted by Crippen LogP contribution is -2.61. The fourth-order valence-corrected chi connectivity index (χ4v) is 5.48. The van der Waals surface area contributed by atoms with Gasteiger partial charge in [-0.15, -0.1) is 24.8 Å². The van der Waals surface area contributed by atoms with Crippen molar-refractivity contribution in [2.24, 2.45) is 11.7 Å². The molecule has 5 nitrogen and oxygen atoms in total. The molecule has 31 heavy (non-hydrogen) atoms. The number of fused-ring (bicyclic) bond motifs is 2. The lowest BCUT2D eigenvalue weighted by molar-refractivity contribution is 0.00937. The van der Waals surface area contributed by atoms with Gasteiger partial charge in [0.25, 0.3) is 0 Å². The molecule has 1 saturated heterocycles. The van der Waals surface area contributed by atoms with E-state index in [2.05, 4.69) is 30.0 Å². The van der Waals surface area contributed by atoms with Gasteiger partial charge in [0, 0.05) is 24.2 Å². The first-order chi connectivity index (χ1) is 14.0. The molecule has 0 radical (unpaired) electrons. The van der Waals surface area contributed by atoms with E-state index in [4.69, 9.17) is 31.8 Å². The highest BCUT2D eigenvalue weighted by Gasteiger charge is 2.43. The van der Waals surface area contributed by atoms with E-state index in [9.17, 15) is 0 Å². The number of para-hydroxylation sites is 1. The zero-order valence-electron chi connectivity index (χ0n) is 17.1. The summed E-state index contributed by atoms with van der Waals surface area (Å²) in [5, 5.41) is 1.75. The maximum absolute atomic E-state index is 6.84. The third kappa shape index (κ3) is 4.69. The Balaban J connectivity index is 0.00000136. The van der Waals surface area contributed by atoms with E-state index >= 15 is 0 Å². The highest BCUT2D eigenvalue weighted by Crippen LogP contribution is 2.40. The second-order valence-electron chi connectivity index (χ2n) is 8.10. The molecule has 3 heterocycles. The van der Waals surface area contributed by atoms with Crippen LogP contribution in [0.2, 0.25) is 5.02 Å². The van der Waals surface area contributed by atoms with Crippen LogP contribution >= 0.6 is 47.8 Å². The molecule has 1 fully saturated rings. The SMILES string of the molecule is CC(N)(C1CCN(c2nc3ccccc3s2)CC1)C1COc2cc(Cl)ccc2O1.Cl.Cl. The molecular weight excluding hydrogens is 477 g/mol. The van der Waals surface area contributed by atoms with Crippen LogP contribution < -0.4 is 20.1 Å². The third-order valence-electron chi connectivity index (χ3n) is 6.19. The number of nitrogens with two attached hydrogens (primary N) is 1. The van der Waals surface area contributed by atoms with Gasteiger partial charge in [0.1, 0.15) is 6.61 Å². The first kappa shape index (κ1) is 24.2. The number of anilines is 1. The lowest BCUT2D eigenvalue weighted by Gasteiger charge is -2.45. The van der Waals surface area contributed by atoms with Crippen molar-refractivity contribution in [3.63, 3.8) is 0 Å². The second-order valence-corrected chi connectivity index (χ2v) is 9.55. The highest BCUT2D eigenvalue weighted by molar-refractivity contribution is 7.22. The molecule has 0 amide bonds. The number of halogens is 3. The second kappa shape index (κ2) is 9.59. The van der Waals surface area contributed by atoms with E-state index in [-0.39, 0.29) is 30.9 Å². The van der Waals surface area contributed by atoms with E-state index in [1.54, 1.807) is 17.4 Å². The van der Waals surface area contributed by atoms with Crippen LogP contribution in [0.1, 0.15) is 19.8 Å². The fraction of sp³-hybridized carbons (Fsp3) is 0.409. The Bertz CT molecular complexity index is 1000. The van der Waals surface area contributed by atoms with Gasteiger partial charge in [0.2, 0.25) is 0 Å². The van der Waals surface area contributed by atoms with Gasteiger partial charge in [-0.05, 0) is 49.9 Å². The summed E-state index contributed by atoms with van der Waals surface area (Å²) in [5.41, 5.74) is 7.43. The Hall–Kier alpha value is -1.44. The zero-order valence-corrected chi connectivity index (χ0v) is 20.3. The lowest BCUT2D eigenvalue weighted by atomic mass is 9.76. The number of piperidine rings is 1. The minimum Gasteiger partial charge on any atom is -0.486 e. The number of rotatable bonds is 3. The van der Waals surface area contributed by atoms with Crippen LogP contribution in [0.15, 0.2) is 42.5 Å². The summed E-state index contributed by atoms with van der Waals surface area (Å²) in [7, 11) is 0. The number of ether oxygens (including phenoxy) is 2. The molecule has 0 saturated carbocycles. The number of hydrogen-bond acceptors (Lipinski definition) is 6. The van der Waals surface area contributed by atoms with Gasteiger partial charge in [0.15, 0.2) is 22.7 Å². The van der Waals surface area contributed by atoms with Crippen LogP contribution in [0.3, 0.4) is 0 Å². The Kier molecular flexibility index (Phi) is 7.49. The molecule has 1 aromatic heterocycles. The standard InChI is InChI=1S/C22H24ClN3O2S.2ClH/c1-22(24,20-13-27-18-12-15(23)6-7-17(18)28-20)14-8-10-26(11-9-14)21-25-16-4-2-3-5-19(16)29-21;;/h2-7,12,14,20H,8-11,13,24H2,1H3;2*1H. The van der Waals surface area contributed by atoms with Crippen LogP contribution in [0.25, 0.3) is 10.2 Å². The molecule has 2 aliphatic rings. The number of benzene rings is 2. The van der Waals surface area contributed by atoms with Crippen LogP contribution in [-0.4, -0.2) is 36.3 Å². The summed E-state index contributed by atoms with van der Waals surface area (Å²) >= 11 is 7.81. The molecule has 0 bridgehead atoms.